The molecule has 17 heavy (non-hydrogen) atoms. The highest BCUT2D eigenvalue weighted by Crippen LogP contribution is 2.31. The summed E-state index contributed by atoms with van der Waals surface area (Å²) in [7, 11) is 0. The van der Waals surface area contributed by atoms with E-state index in [0.29, 0.717) is 6.61 Å². The predicted octanol–water partition coefficient (Wildman–Crippen LogP) is 3.38. The van der Waals surface area contributed by atoms with E-state index in [1.54, 1.807) is 0 Å². The Hall–Kier alpha value is -1.02. The van der Waals surface area contributed by atoms with Crippen LogP contribution in [0.5, 0.6) is 5.75 Å². The summed E-state index contributed by atoms with van der Waals surface area (Å²) >= 11 is 0. The number of rotatable bonds is 4. The molecular formula is C15H24O2. The van der Waals surface area contributed by atoms with E-state index >= 15 is 0 Å². The van der Waals surface area contributed by atoms with Gasteiger partial charge in [-0.1, -0.05) is 52.8 Å². The van der Waals surface area contributed by atoms with Crippen LogP contribution in [0.1, 0.15) is 40.2 Å². The SMILES string of the molecule is CC(C)(CO)COc1ccccc1C(C)(C)C. The molecule has 2 nitrogen and oxygen atoms in total. The Morgan fingerprint density at radius 2 is 1.65 bits per heavy atom. The van der Waals surface area contributed by atoms with Gasteiger partial charge in [-0.3, -0.25) is 0 Å². The lowest BCUT2D eigenvalue weighted by atomic mass is 9.86. The summed E-state index contributed by atoms with van der Waals surface area (Å²) < 4.78 is 5.86. The summed E-state index contributed by atoms with van der Waals surface area (Å²) in [6.07, 6.45) is 0. The van der Waals surface area contributed by atoms with E-state index < -0.39 is 0 Å². The first kappa shape index (κ1) is 14.0. The van der Waals surface area contributed by atoms with Crippen LogP contribution in [0, 0.1) is 5.41 Å². The number of para-hydroxylation sites is 1. The van der Waals surface area contributed by atoms with E-state index in [-0.39, 0.29) is 17.4 Å². The molecule has 0 saturated heterocycles. The van der Waals surface area contributed by atoms with Crippen LogP contribution >= 0.6 is 0 Å². The van der Waals surface area contributed by atoms with Gasteiger partial charge in [0.2, 0.25) is 0 Å². The Morgan fingerprint density at radius 3 is 2.18 bits per heavy atom. The van der Waals surface area contributed by atoms with Crippen molar-refractivity contribution in [2.75, 3.05) is 13.2 Å². The molecule has 1 aromatic rings. The van der Waals surface area contributed by atoms with Gasteiger partial charge in [0.15, 0.2) is 0 Å². The minimum absolute atomic E-state index is 0.0694. The maximum Gasteiger partial charge on any atom is 0.123 e. The molecule has 0 heterocycles. The highest BCUT2D eigenvalue weighted by Gasteiger charge is 2.21. The van der Waals surface area contributed by atoms with Gasteiger partial charge >= 0.3 is 0 Å². The Balaban J connectivity index is 2.85. The Kier molecular flexibility index (Phi) is 4.21. The van der Waals surface area contributed by atoms with Gasteiger partial charge in [0, 0.05) is 5.41 Å². The zero-order valence-electron chi connectivity index (χ0n) is 11.6. The molecule has 0 bridgehead atoms. The molecule has 0 fully saturated rings. The number of aliphatic hydroxyl groups is 1. The van der Waals surface area contributed by atoms with Crippen molar-refractivity contribution in [2.24, 2.45) is 5.41 Å². The third-order valence-electron chi connectivity index (χ3n) is 2.74. The molecule has 0 aliphatic heterocycles. The lowest BCUT2D eigenvalue weighted by molar-refractivity contribution is 0.0965. The van der Waals surface area contributed by atoms with Crippen molar-refractivity contribution in [3.05, 3.63) is 29.8 Å². The van der Waals surface area contributed by atoms with Gasteiger partial charge in [-0.05, 0) is 17.0 Å². The van der Waals surface area contributed by atoms with Crippen LogP contribution in [0.2, 0.25) is 0 Å². The van der Waals surface area contributed by atoms with E-state index in [4.69, 9.17) is 4.74 Å². The average molecular weight is 236 g/mol. The Morgan fingerprint density at radius 1 is 1.06 bits per heavy atom. The van der Waals surface area contributed by atoms with E-state index in [0.717, 1.165) is 5.75 Å². The molecule has 0 aromatic heterocycles. The molecule has 0 saturated carbocycles. The summed E-state index contributed by atoms with van der Waals surface area (Å²) in [6.45, 7) is 11.2. The Labute approximate surface area is 105 Å². The van der Waals surface area contributed by atoms with Crippen molar-refractivity contribution in [2.45, 2.75) is 40.0 Å². The molecule has 0 aliphatic rings. The van der Waals surface area contributed by atoms with Crippen LogP contribution < -0.4 is 4.74 Å². The minimum Gasteiger partial charge on any atom is -0.493 e. The van der Waals surface area contributed by atoms with Crippen molar-refractivity contribution in [1.82, 2.24) is 0 Å². The second-order valence-corrected chi connectivity index (χ2v) is 6.36. The molecule has 0 spiro atoms. The average Bonchev–Trinajstić information content (AvgIpc) is 2.26. The van der Waals surface area contributed by atoms with Crippen LogP contribution in [0.15, 0.2) is 24.3 Å². The van der Waals surface area contributed by atoms with Gasteiger partial charge in [-0.2, -0.15) is 0 Å². The highest BCUT2D eigenvalue weighted by molar-refractivity contribution is 5.38. The van der Waals surface area contributed by atoms with Gasteiger partial charge in [-0.15, -0.1) is 0 Å². The van der Waals surface area contributed by atoms with E-state index in [9.17, 15) is 5.11 Å². The second kappa shape index (κ2) is 5.09. The van der Waals surface area contributed by atoms with Crippen molar-refractivity contribution in [3.8, 4) is 5.75 Å². The summed E-state index contributed by atoms with van der Waals surface area (Å²) in [5, 5.41) is 9.22. The van der Waals surface area contributed by atoms with E-state index in [1.165, 1.54) is 5.56 Å². The predicted molar refractivity (Wildman–Crippen MR) is 71.5 cm³/mol. The topological polar surface area (TPSA) is 29.5 Å². The largest absolute Gasteiger partial charge is 0.493 e. The fourth-order valence-corrected chi connectivity index (χ4v) is 1.53. The Bertz CT molecular complexity index is 361. The number of hydrogen-bond acceptors (Lipinski definition) is 2. The summed E-state index contributed by atoms with van der Waals surface area (Å²) in [5.41, 5.74) is 1.07. The second-order valence-electron chi connectivity index (χ2n) is 6.36. The van der Waals surface area contributed by atoms with Gasteiger partial charge in [0.25, 0.3) is 0 Å². The number of aliphatic hydroxyl groups excluding tert-OH is 1. The molecular weight excluding hydrogens is 212 g/mol. The maximum absolute atomic E-state index is 9.22. The fraction of sp³-hybridized carbons (Fsp3) is 0.600. The molecule has 1 aromatic carbocycles. The third-order valence-corrected chi connectivity index (χ3v) is 2.74. The van der Waals surface area contributed by atoms with E-state index in [2.05, 4.69) is 26.8 Å². The minimum atomic E-state index is -0.203. The summed E-state index contributed by atoms with van der Waals surface area (Å²) in [6, 6.07) is 8.11. The van der Waals surface area contributed by atoms with E-state index in [1.807, 2.05) is 32.0 Å². The number of ether oxygens (including phenoxy) is 1. The van der Waals surface area contributed by atoms with Crippen LogP contribution in [0.25, 0.3) is 0 Å². The van der Waals surface area contributed by atoms with Gasteiger partial charge in [0.05, 0.1) is 13.2 Å². The standard InChI is InChI=1S/C15H24O2/c1-14(2,3)12-8-6-7-9-13(12)17-11-15(4,5)10-16/h6-9,16H,10-11H2,1-5H3. The quantitative estimate of drug-likeness (QED) is 0.868. The zero-order valence-corrected chi connectivity index (χ0v) is 11.6. The maximum atomic E-state index is 9.22. The number of benzene rings is 1. The van der Waals surface area contributed by atoms with Crippen LogP contribution in [0.4, 0.5) is 0 Å². The third kappa shape index (κ3) is 4.04. The molecule has 0 unspecified atom stereocenters. The summed E-state index contributed by atoms with van der Waals surface area (Å²) in [4.78, 5) is 0. The van der Waals surface area contributed by atoms with Gasteiger partial charge < -0.3 is 9.84 Å². The molecule has 0 atom stereocenters. The van der Waals surface area contributed by atoms with Crippen LogP contribution in [0.3, 0.4) is 0 Å². The van der Waals surface area contributed by atoms with Gasteiger partial charge in [0.1, 0.15) is 5.75 Å². The zero-order chi connectivity index (χ0) is 13.1. The smallest absolute Gasteiger partial charge is 0.123 e. The van der Waals surface area contributed by atoms with Crippen LogP contribution in [-0.2, 0) is 5.41 Å². The van der Waals surface area contributed by atoms with Crippen molar-refractivity contribution in [3.63, 3.8) is 0 Å². The molecule has 2 heteroatoms. The number of hydrogen-bond donors (Lipinski definition) is 1. The first-order valence-electron chi connectivity index (χ1n) is 6.09. The first-order valence-corrected chi connectivity index (χ1v) is 6.09. The molecule has 96 valence electrons. The summed E-state index contributed by atoms with van der Waals surface area (Å²) in [5.74, 6) is 0.918. The molecule has 0 amide bonds. The lowest BCUT2D eigenvalue weighted by Gasteiger charge is -2.26. The fourth-order valence-electron chi connectivity index (χ4n) is 1.53. The highest BCUT2D eigenvalue weighted by atomic mass is 16.5. The molecule has 0 radical (unpaired) electrons. The normalized spacial score (nSPS) is 12.6. The van der Waals surface area contributed by atoms with Crippen LogP contribution in [-0.4, -0.2) is 18.3 Å². The van der Waals surface area contributed by atoms with Crippen molar-refractivity contribution in [1.29, 1.82) is 0 Å². The molecule has 0 aliphatic carbocycles. The van der Waals surface area contributed by atoms with Crippen molar-refractivity contribution < 1.29 is 9.84 Å². The molecule has 1 N–H and O–H groups in total. The molecule has 1 rings (SSSR count). The van der Waals surface area contributed by atoms with Crippen molar-refractivity contribution >= 4 is 0 Å². The first-order chi connectivity index (χ1) is 7.76. The van der Waals surface area contributed by atoms with Gasteiger partial charge in [-0.25, -0.2) is 0 Å². The monoisotopic (exact) mass is 236 g/mol. The lowest BCUT2D eigenvalue weighted by Crippen LogP contribution is -2.26.